The van der Waals surface area contributed by atoms with Crippen molar-refractivity contribution in [3.05, 3.63) is 87.4 Å². The van der Waals surface area contributed by atoms with E-state index in [2.05, 4.69) is 51.1 Å². The number of likely N-dealkylation sites (tertiary alicyclic amines) is 2. The normalized spacial score (nSPS) is 33.0. The van der Waals surface area contributed by atoms with Crippen LogP contribution in [0, 0.1) is 28.5 Å². The number of pyridine rings is 1. The van der Waals surface area contributed by atoms with Gasteiger partial charge in [-0.15, -0.1) is 0 Å². The standard InChI is InChI=1S/C51H57ClF4N8O5/c1-47(2,3)19-38-50(26-59-35-18-37(51(54,55)56)58-20-33(35)50)40(32-5-4-6-34(52)41(32)53)42(43(57)66)64(38)49-14-11-48(12-15-49,13-16-49)46(69)62-23-28-21-61(22-29(28)24-62)30-7-8-31-27(17-30)25-63(45(31)68)36-9-10-39(65)60-44(36)67/h4-8,17-18,20,28-29,36,38,40,42,59H,9-16,19,21-26H2,1-3H3,(H2,57,66)(H,60,65,67)/t28-,29+,36?,38-,40-,42+,48?,49?,50-/m0/s1. The van der Waals surface area contributed by atoms with Gasteiger partial charge in [0.1, 0.15) is 17.6 Å². The quantitative estimate of drug-likeness (QED) is 0.172. The van der Waals surface area contributed by atoms with Gasteiger partial charge in [0.15, 0.2) is 0 Å². The van der Waals surface area contributed by atoms with Crippen LogP contribution in [0.5, 0.6) is 0 Å². The number of aromatic nitrogens is 1. The number of hydrogen-bond donors (Lipinski definition) is 3. The van der Waals surface area contributed by atoms with Crippen molar-refractivity contribution in [2.75, 3.05) is 42.9 Å². The maximum atomic E-state index is 16.6. The van der Waals surface area contributed by atoms with E-state index >= 15 is 4.39 Å². The van der Waals surface area contributed by atoms with Gasteiger partial charge in [0, 0.05) is 115 Å². The average Bonchev–Trinajstić information content (AvgIpc) is 4.12. The maximum absolute atomic E-state index is 16.6. The van der Waals surface area contributed by atoms with E-state index in [1.807, 2.05) is 18.2 Å². The molecule has 69 heavy (non-hydrogen) atoms. The van der Waals surface area contributed by atoms with E-state index in [0.717, 1.165) is 30.4 Å². The largest absolute Gasteiger partial charge is 0.433 e. The van der Waals surface area contributed by atoms with Crippen molar-refractivity contribution >= 4 is 52.5 Å². The summed E-state index contributed by atoms with van der Waals surface area (Å²) in [5.74, 6) is -2.59. The second kappa shape index (κ2) is 15.9. The number of nitrogens with one attached hydrogen (secondary N) is 2. The Kier molecular flexibility index (Phi) is 10.6. The molecule has 7 fully saturated rings. The van der Waals surface area contributed by atoms with Crippen molar-refractivity contribution in [3.63, 3.8) is 0 Å². The van der Waals surface area contributed by atoms with Gasteiger partial charge >= 0.3 is 6.18 Å². The molecule has 12 rings (SSSR count). The molecule has 7 heterocycles. The summed E-state index contributed by atoms with van der Waals surface area (Å²) in [5, 5.41) is 5.49. The third-order valence-corrected chi connectivity index (χ3v) is 17.9. The Bertz CT molecular complexity index is 2670. The minimum Gasteiger partial charge on any atom is -0.384 e. The summed E-state index contributed by atoms with van der Waals surface area (Å²) in [6.07, 6.45) is 1.09. The van der Waals surface area contributed by atoms with E-state index in [0.29, 0.717) is 82.1 Å². The lowest BCUT2D eigenvalue weighted by atomic mass is 9.55. The molecule has 2 bridgehead atoms. The molecule has 366 valence electrons. The molecule has 1 unspecified atom stereocenters. The number of carbonyl (C=O) groups excluding carboxylic acids is 5. The molecule has 3 aromatic rings. The molecule has 18 heteroatoms. The SMILES string of the molecule is CC(C)(C)C[C@@H]1N(C23CCC(C(=O)N4C[C@@H]5CN(c6ccc7c(c6)CN(C6CCC(=O)NC6=O)C7=O)C[C@@H]5C4)(CC2)CC3)[C@@H](C(N)=O)[C@H](c2cccc(Cl)c2F)[C@]12CNc1cc(C(F)(F)F)ncc12. The summed E-state index contributed by atoms with van der Waals surface area (Å²) >= 11 is 6.47. The highest BCUT2D eigenvalue weighted by Crippen LogP contribution is 2.66. The molecular formula is C51H57ClF4N8O5. The molecule has 2 aromatic carbocycles. The van der Waals surface area contributed by atoms with Gasteiger partial charge in [-0.1, -0.05) is 44.5 Å². The summed E-state index contributed by atoms with van der Waals surface area (Å²) < 4.78 is 58.9. The lowest BCUT2D eigenvalue weighted by Crippen LogP contribution is -2.65. The fourth-order valence-corrected chi connectivity index (χ4v) is 14.6. The van der Waals surface area contributed by atoms with E-state index < -0.39 is 69.9 Å². The summed E-state index contributed by atoms with van der Waals surface area (Å²) in [6.45, 7) is 9.45. The molecule has 3 aliphatic carbocycles. The second-order valence-electron chi connectivity index (χ2n) is 22.5. The van der Waals surface area contributed by atoms with Gasteiger partial charge in [0.05, 0.1) is 11.1 Å². The number of hydrogen-bond acceptors (Lipinski definition) is 9. The van der Waals surface area contributed by atoms with Crippen LogP contribution in [-0.4, -0.2) is 106 Å². The van der Waals surface area contributed by atoms with Gasteiger partial charge < -0.3 is 25.8 Å². The Morgan fingerprint density at radius 2 is 1.64 bits per heavy atom. The number of piperidine rings is 1. The first-order valence-electron chi connectivity index (χ1n) is 24.3. The number of nitrogens with zero attached hydrogens (tertiary/aromatic N) is 5. The molecule has 1 aromatic heterocycles. The number of imide groups is 1. The zero-order chi connectivity index (χ0) is 48.7. The number of carbonyl (C=O) groups is 5. The molecule has 4 saturated heterocycles. The first-order chi connectivity index (χ1) is 32.6. The van der Waals surface area contributed by atoms with Crippen LogP contribution in [0.1, 0.15) is 117 Å². The van der Waals surface area contributed by atoms with Crippen LogP contribution < -0.4 is 21.3 Å². The number of nitrogens with two attached hydrogens (primary N) is 1. The Morgan fingerprint density at radius 3 is 2.28 bits per heavy atom. The first-order valence-corrected chi connectivity index (χ1v) is 24.7. The molecule has 4 N–H and O–H groups in total. The van der Waals surface area contributed by atoms with E-state index in [-0.39, 0.29) is 64.2 Å². The number of rotatable bonds is 7. The van der Waals surface area contributed by atoms with Crippen LogP contribution >= 0.6 is 11.6 Å². The van der Waals surface area contributed by atoms with Gasteiger partial charge in [-0.05, 0) is 98.2 Å². The number of anilines is 2. The van der Waals surface area contributed by atoms with Crippen molar-refractivity contribution < 1.29 is 41.5 Å². The lowest BCUT2D eigenvalue weighted by molar-refractivity contribution is -0.157. The molecule has 13 nitrogen and oxygen atoms in total. The van der Waals surface area contributed by atoms with Gasteiger partial charge in [0.2, 0.25) is 23.6 Å². The first kappa shape index (κ1) is 46.1. The van der Waals surface area contributed by atoms with Crippen molar-refractivity contribution in [1.82, 2.24) is 25.0 Å². The summed E-state index contributed by atoms with van der Waals surface area (Å²) in [7, 11) is 0. The maximum Gasteiger partial charge on any atom is 0.433 e. The van der Waals surface area contributed by atoms with E-state index in [4.69, 9.17) is 17.3 Å². The predicted octanol–water partition coefficient (Wildman–Crippen LogP) is 6.76. The van der Waals surface area contributed by atoms with Gasteiger partial charge in [-0.3, -0.25) is 39.2 Å². The molecule has 1 spiro atoms. The zero-order valence-electron chi connectivity index (χ0n) is 38.9. The minimum absolute atomic E-state index is 0.117. The van der Waals surface area contributed by atoms with E-state index in [1.54, 1.807) is 17.0 Å². The highest BCUT2D eigenvalue weighted by molar-refractivity contribution is 6.30. The number of primary amides is 1. The van der Waals surface area contributed by atoms with Crippen LogP contribution in [0.3, 0.4) is 0 Å². The van der Waals surface area contributed by atoms with Crippen LogP contribution in [0.2, 0.25) is 5.02 Å². The number of benzene rings is 2. The lowest BCUT2D eigenvalue weighted by Gasteiger charge is -2.59. The highest BCUT2D eigenvalue weighted by atomic mass is 35.5. The number of amides is 5. The second-order valence-corrected chi connectivity index (χ2v) is 23.0. The molecule has 7 atom stereocenters. The zero-order valence-corrected chi connectivity index (χ0v) is 39.7. The third-order valence-electron chi connectivity index (χ3n) is 17.6. The van der Waals surface area contributed by atoms with E-state index in [1.165, 1.54) is 12.3 Å². The van der Waals surface area contributed by atoms with Crippen LogP contribution in [0.15, 0.2) is 48.7 Å². The minimum atomic E-state index is -4.70. The smallest absolute Gasteiger partial charge is 0.384 e. The Balaban J connectivity index is 0.838. The van der Waals surface area contributed by atoms with Crippen molar-refractivity contribution in [2.24, 2.45) is 28.4 Å². The van der Waals surface area contributed by atoms with Crippen LogP contribution in [0.25, 0.3) is 0 Å². The summed E-state index contributed by atoms with van der Waals surface area (Å²) in [5.41, 5.74) is 6.07. The number of fused-ring (bicyclic) bond motifs is 7. The molecule has 3 saturated carbocycles. The fourth-order valence-electron chi connectivity index (χ4n) is 14.5. The number of halogens is 5. The van der Waals surface area contributed by atoms with Gasteiger partial charge in [-0.2, -0.15) is 13.2 Å². The van der Waals surface area contributed by atoms with E-state index in [9.17, 15) is 37.1 Å². The summed E-state index contributed by atoms with van der Waals surface area (Å²) in [4.78, 5) is 79.0. The Labute approximate surface area is 402 Å². The monoisotopic (exact) mass is 972 g/mol. The third kappa shape index (κ3) is 7.16. The summed E-state index contributed by atoms with van der Waals surface area (Å²) in [6, 6.07) is 9.26. The predicted molar refractivity (Wildman–Crippen MR) is 247 cm³/mol. The highest BCUT2D eigenvalue weighted by Gasteiger charge is 2.70. The average molecular weight is 974 g/mol. The molecule has 6 aliphatic heterocycles. The molecule has 9 aliphatic rings. The Morgan fingerprint density at radius 1 is 0.942 bits per heavy atom. The molecule has 5 amide bonds. The van der Waals surface area contributed by atoms with Gasteiger partial charge in [-0.25, -0.2) is 4.39 Å². The van der Waals surface area contributed by atoms with Crippen LogP contribution in [-0.2, 0) is 37.3 Å². The topological polar surface area (TPSA) is 161 Å². The van der Waals surface area contributed by atoms with Crippen LogP contribution in [0.4, 0.5) is 28.9 Å². The van der Waals surface area contributed by atoms with Crippen molar-refractivity contribution in [1.29, 1.82) is 0 Å². The molecular weight excluding hydrogens is 916 g/mol. The fraction of sp³-hybridized carbons (Fsp3) is 0.569. The van der Waals surface area contributed by atoms with Gasteiger partial charge in [0.25, 0.3) is 5.91 Å². The van der Waals surface area contributed by atoms with Crippen molar-refractivity contribution in [3.8, 4) is 0 Å². The molecule has 0 radical (unpaired) electrons. The van der Waals surface area contributed by atoms with Crippen molar-refractivity contribution in [2.45, 2.75) is 126 Å². The number of alkyl halides is 3. The Hall–Kier alpha value is -5.29.